The zero-order valence-electron chi connectivity index (χ0n) is 21.0. The van der Waals surface area contributed by atoms with Crippen LogP contribution in [0.15, 0.2) is 103 Å². The molecule has 0 saturated carbocycles. The van der Waals surface area contributed by atoms with Crippen LogP contribution >= 0.6 is 0 Å². The van der Waals surface area contributed by atoms with Crippen molar-refractivity contribution in [2.24, 2.45) is 5.73 Å². The molecule has 2 unspecified atom stereocenters. The van der Waals surface area contributed by atoms with Gasteiger partial charge >= 0.3 is 0 Å². The Labute approximate surface area is 212 Å². The van der Waals surface area contributed by atoms with Gasteiger partial charge in [-0.3, -0.25) is 0 Å². The number of rotatable bonds is 11. The largest absolute Gasteiger partial charge is 0.493 e. The Hall–Kier alpha value is -3.58. The second-order valence-corrected chi connectivity index (χ2v) is 8.49. The van der Waals surface area contributed by atoms with Crippen molar-refractivity contribution in [3.63, 3.8) is 0 Å². The topological polar surface area (TPSA) is 72.2 Å². The summed E-state index contributed by atoms with van der Waals surface area (Å²) in [5, 5.41) is 0. The molecule has 0 aliphatic heterocycles. The zero-order valence-corrected chi connectivity index (χ0v) is 21.0. The first kappa shape index (κ1) is 25.5. The van der Waals surface area contributed by atoms with Crippen LogP contribution in [-0.2, 0) is 33.0 Å². The monoisotopic (exact) mass is 487 g/mol. The molecular formula is C30H33NO5. The molecule has 188 valence electrons. The van der Waals surface area contributed by atoms with Crippen LogP contribution in [0.2, 0.25) is 0 Å². The summed E-state index contributed by atoms with van der Waals surface area (Å²) in [6.07, 6.45) is 5.52. The fourth-order valence-electron chi connectivity index (χ4n) is 4.11. The highest BCUT2D eigenvalue weighted by Crippen LogP contribution is 2.39. The van der Waals surface area contributed by atoms with Crippen LogP contribution in [0.25, 0.3) is 0 Å². The lowest BCUT2D eigenvalue weighted by Gasteiger charge is -2.38. The third-order valence-electron chi connectivity index (χ3n) is 6.09. The molecule has 0 bridgehead atoms. The number of benzene rings is 3. The first-order chi connectivity index (χ1) is 17.5. The molecule has 2 N–H and O–H groups in total. The highest BCUT2D eigenvalue weighted by atomic mass is 16.7. The van der Waals surface area contributed by atoms with Gasteiger partial charge in [0.25, 0.3) is 0 Å². The van der Waals surface area contributed by atoms with Crippen LogP contribution < -0.4 is 15.2 Å². The maximum absolute atomic E-state index is 6.93. The molecule has 6 heteroatoms. The maximum atomic E-state index is 6.93. The first-order valence-corrected chi connectivity index (χ1v) is 12.0. The van der Waals surface area contributed by atoms with E-state index < -0.39 is 11.3 Å². The lowest BCUT2D eigenvalue weighted by atomic mass is 9.84. The van der Waals surface area contributed by atoms with E-state index in [4.69, 9.17) is 29.4 Å². The molecule has 0 amide bonds. The van der Waals surface area contributed by atoms with Gasteiger partial charge in [0.2, 0.25) is 5.79 Å². The number of ether oxygens (including phenoxy) is 5. The Morgan fingerprint density at radius 3 is 1.97 bits per heavy atom. The fourth-order valence-corrected chi connectivity index (χ4v) is 4.11. The molecule has 1 aliphatic rings. The van der Waals surface area contributed by atoms with E-state index in [0.29, 0.717) is 37.1 Å². The summed E-state index contributed by atoms with van der Waals surface area (Å²) >= 11 is 0. The molecular weight excluding hydrogens is 454 g/mol. The zero-order chi connectivity index (χ0) is 25.4. The first-order valence-electron chi connectivity index (χ1n) is 12.0. The summed E-state index contributed by atoms with van der Waals surface area (Å²) in [6, 6.07) is 25.6. The van der Waals surface area contributed by atoms with Crippen molar-refractivity contribution in [2.45, 2.75) is 31.5 Å². The average molecular weight is 488 g/mol. The van der Waals surface area contributed by atoms with E-state index in [1.165, 1.54) is 0 Å². The standard InChI is InChI=1S/C30H33NO5/c1-4-36-30(33-3)18-17-29(31,20-28(30)35-22-24-13-9-6-10-14-24)25-15-16-26(32-2)27(19-25)34-21-23-11-7-5-8-12-23/h5-20H,4,21-22,31H2,1-3H3. The molecule has 3 aromatic rings. The lowest BCUT2D eigenvalue weighted by molar-refractivity contribution is -0.186. The minimum Gasteiger partial charge on any atom is -0.493 e. The Morgan fingerprint density at radius 1 is 0.750 bits per heavy atom. The second kappa shape index (κ2) is 11.4. The van der Waals surface area contributed by atoms with Gasteiger partial charge in [0.15, 0.2) is 17.3 Å². The van der Waals surface area contributed by atoms with Crippen LogP contribution in [-0.4, -0.2) is 26.6 Å². The predicted octanol–water partition coefficient (Wildman–Crippen LogP) is 5.48. The van der Waals surface area contributed by atoms with Gasteiger partial charge < -0.3 is 29.4 Å². The summed E-state index contributed by atoms with van der Waals surface area (Å²) < 4.78 is 29.7. The smallest absolute Gasteiger partial charge is 0.247 e. The van der Waals surface area contributed by atoms with Gasteiger partial charge in [0.05, 0.1) is 12.6 Å². The maximum Gasteiger partial charge on any atom is 0.247 e. The van der Waals surface area contributed by atoms with Crippen molar-refractivity contribution in [3.8, 4) is 11.5 Å². The Morgan fingerprint density at radius 2 is 1.39 bits per heavy atom. The molecule has 0 fully saturated rings. The van der Waals surface area contributed by atoms with E-state index in [1.54, 1.807) is 14.2 Å². The summed E-state index contributed by atoms with van der Waals surface area (Å²) in [6.45, 7) is 3.10. The molecule has 2 atom stereocenters. The molecule has 4 rings (SSSR count). The fraction of sp³-hybridized carbons (Fsp3) is 0.267. The molecule has 36 heavy (non-hydrogen) atoms. The molecule has 3 aromatic carbocycles. The molecule has 6 nitrogen and oxygen atoms in total. The van der Waals surface area contributed by atoms with Crippen molar-refractivity contribution in [2.75, 3.05) is 20.8 Å². The van der Waals surface area contributed by atoms with Crippen LogP contribution in [0.5, 0.6) is 11.5 Å². The normalized spacial score (nSPS) is 21.1. The third kappa shape index (κ3) is 5.62. The van der Waals surface area contributed by atoms with Crippen molar-refractivity contribution in [3.05, 3.63) is 120 Å². The molecule has 0 radical (unpaired) electrons. The minimum absolute atomic E-state index is 0.350. The average Bonchev–Trinajstić information content (AvgIpc) is 2.93. The van der Waals surface area contributed by atoms with E-state index in [1.807, 2.05) is 104 Å². The Balaban J connectivity index is 1.65. The van der Waals surface area contributed by atoms with E-state index in [-0.39, 0.29) is 0 Å². The van der Waals surface area contributed by atoms with Gasteiger partial charge in [-0.25, -0.2) is 0 Å². The lowest BCUT2D eigenvalue weighted by Crippen LogP contribution is -2.44. The third-order valence-corrected chi connectivity index (χ3v) is 6.09. The van der Waals surface area contributed by atoms with Crippen molar-refractivity contribution >= 4 is 0 Å². The second-order valence-electron chi connectivity index (χ2n) is 8.49. The minimum atomic E-state index is -1.16. The predicted molar refractivity (Wildman–Crippen MR) is 139 cm³/mol. The quantitative estimate of drug-likeness (QED) is 0.285. The molecule has 0 heterocycles. The van der Waals surface area contributed by atoms with Crippen molar-refractivity contribution in [1.29, 1.82) is 0 Å². The number of hydrogen-bond donors (Lipinski definition) is 1. The van der Waals surface area contributed by atoms with Crippen LogP contribution in [0.4, 0.5) is 0 Å². The van der Waals surface area contributed by atoms with Crippen molar-refractivity contribution in [1.82, 2.24) is 0 Å². The van der Waals surface area contributed by atoms with E-state index in [0.717, 1.165) is 16.7 Å². The highest BCUT2D eigenvalue weighted by molar-refractivity contribution is 5.50. The number of nitrogens with two attached hydrogens (primary N) is 1. The summed E-state index contributed by atoms with van der Waals surface area (Å²) in [5.74, 6) is 0.558. The molecule has 1 aliphatic carbocycles. The van der Waals surface area contributed by atoms with Crippen LogP contribution in [0.3, 0.4) is 0 Å². The molecule has 0 aromatic heterocycles. The van der Waals surface area contributed by atoms with Gasteiger partial charge in [-0.2, -0.15) is 0 Å². The number of hydrogen-bond acceptors (Lipinski definition) is 6. The van der Waals surface area contributed by atoms with Crippen LogP contribution in [0, 0.1) is 0 Å². The van der Waals surface area contributed by atoms with Gasteiger partial charge in [-0.15, -0.1) is 0 Å². The number of methoxy groups -OCH3 is 2. The SMILES string of the molecule is CCOC1(OC)C=CC(N)(c2ccc(OC)c(OCc3ccccc3)c2)C=C1OCc1ccccc1. The Kier molecular flexibility index (Phi) is 8.10. The van der Waals surface area contributed by atoms with Gasteiger partial charge in [-0.05, 0) is 47.9 Å². The summed E-state index contributed by atoms with van der Waals surface area (Å²) in [4.78, 5) is 0. The van der Waals surface area contributed by atoms with Gasteiger partial charge in [0, 0.05) is 13.7 Å². The highest BCUT2D eigenvalue weighted by Gasteiger charge is 2.42. The summed E-state index contributed by atoms with van der Waals surface area (Å²) in [5.41, 5.74) is 8.84. The van der Waals surface area contributed by atoms with Crippen molar-refractivity contribution < 1.29 is 23.7 Å². The van der Waals surface area contributed by atoms with Gasteiger partial charge in [0.1, 0.15) is 13.2 Å². The molecule has 0 saturated heterocycles. The van der Waals surface area contributed by atoms with E-state index in [9.17, 15) is 0 Å². The van der Waals surface area contributed by atoms with Crippen LogP contribution in [0.1, 0.15) is 23.6 Å². The summed E-state index contributed by atoms with van der Waals surface area (Å²) in [7, 11) is 3.21. The molecule has 0 spiro atoms. The van der Waals surface area contributed by atoms with Gasteiger partial charge in [-0.1, -0.05) is 72.8 Å². The van der Waals surface area contributed by atoms with E-state index in [2.05, 4.69) is 0 Å². The Bertz CT molecular complexity index is 1190. The van der Waals surface area contributed by atoms with E-state index >= 15 is 0 Å².